The number of benzene rings is 2. The van der Waals surface area contributed by atoms with E-state index in [0.717, 1.165) is 23.7 Å². The number of rotatable bonds is 10. The molecule has 15 heteroatoms. The molecular weight excluding hydrogens is 639 g/mol. The molecule has 0 amide bonds. The Bertz CT molecular complexity index is 1960. The van der Waals surface area contributed by atoms with Gasteiger partial charge in [-0.2, -0.15) is 0 Å². The number of nitrogens with one attached hydrogen (secondary N) is 1. The average molecular weight is 667 g/mol. The Morgan fingerprint density at radius 2 is 1.89 bits per heavy atom. The van der Waals surface area contributed by atoms with Gasteiger partial charge in [0.15, 0.2) is 0 Å². The third-order valence-electron chi connectivity index (χ3n) is 7.56. The smallest absolute Gasteiger partial charge is 0.337 e. The first kappa shape index (κ1) is 29.6. The molecule has 13 nitrogen and oxygen atoms in total. The number of pyridine rings is 1. The molecule has 2 fully saturated rings. The zero-order valence-corrected chi connectivity index (χ0v) is 25.1. The van der Waals surface area contributed by atoms with Gasteiger partial charge in [-0.1, -0.05) is 27.1 Å². The lowest BCUT2D eigenvalue weighted by molar-refractivity contribution is 0.0322. The van der Waals surface area contributed by atoms with Crippen LogP contribution in [0.1, 0.15) is 18.9 Å². The summed E-state index contributed by atoms with van der Waals surface area (Å²) < 4.78 is 30.3. The fourth-order valence-corrected chi connectivity index (χ4v) is 5.60. The molecule has 2 aliphatic rings. The highest BCUT2D eigenvalue weighted by Gasteiger charge is 2.31. The molecule has 228 valence electrons. The molecular formula is C29H28BrFN8O5. The topological polar surface area (TPSA) is 148 Å². The summed E-state index contributed by atoms with van der Waals surface area (Å²) in [7, 11) is 0. The number of azide groups is 1. The van der Waals surface area contributed by atoms with Crippen molar-refractivity contribution in [3.63, 3.8) is 0 Å². The van der Waals surface area contributed by atoms with Gasteiger partial charge in [0.1, 0.15) is 35.9 Å². The molecule has 3 heterocycles. The third-order valence-corrected chi connectivity index (χ3v) is 8.05. The summed E-state index contributed by atoms with van der Waals surface area (Å²) in [6, 6.07) is 11.9. The summed E-state index contributed by atoms with van der Waals surface area (Å²) in [6.07, 6.45) is 1.27. The van der Waals surface area contributed by atoms with E-state index in [0.29, 0.717) is 55.1 Å². The minimum Gasteiger partial charge on any atom is -0.492 e. The molecule has 0 spiro atoms. The van der Waals surface area contributed by atoms with Gasteiger partial charge >= 0.3 is 5.69 Å². The van der Waals surface area contributed by atoms with Crippen molar-refractivity contribution in [1.82, 2.24) is 18.6 Å². The van der Waals surface area contributed by atoms with Crippen molar-refractivity contribution < 1.29 is 13.9 Å². The van der Waals surface area contributed by atoms with E-state index in [1.54, 1.807) is 30.3 Å². The number of hydrogen-bond acceptors (Lipinski definition) is 8. The van der Waals surface area contributed by atoms with Crippen molar-refractivity contribution in [2.24, 2.45) is 5.11 Å². The molecule has 0 radical (unpaired) electrons. The van der Waals surface area contributed by atoms with Crippen LogP contribution in [0, 0.1) is 5.82 Å². The number of hydrogen-bond donors (Lipinski definition) is 1. The Hall–Kier alpha value is -4.43. The van der Waals surface area contributed by atoms with Gasteiger partial charge in [0, 0.05) is 47.2 Å². The molecule has 0 unspecified atom stereocenters. The van der Waals surface area contributed by atoms with E-state index in [9.17, 15) is 18.8 Å². The van der Waals surface area contributed by atoms with E-state index < -0.39 is 29.3 Å². The summed E-state index contributed by atoms with van der Waals surface area (Å²) in [5, 5.41) is 6.40. The van der Waals surface area contributed by atoms with Crippen LogP contribution in [-0.2, 0) is 11.4 Å². The summed E-state index contributed by atoms with van der Waals surface area (Å²) in [4.78, 5) is 46.6. The second-order valence-corrected chi connectivity index (χ2v) is 11.4. The van der Waals surface area contributed by atoms with Gasteiger partial charge in [0.05, 0.1) is 30.3 Å². The highest BCUT2D eigenvalue weighted by atomic mass is 79.9. The van der Waals surface area contributed by atoms with Gasteiger partial charge in [-0.15, -0.1) is 0 Å². The fraction of sp³-hybridized carbons (Fsp3) is 0.345. The highest BCUT2D eigenvalue weighted by Crippen LogP contribution is 2.34. The summed E-state index contributed by atoms with van der Waals surface area (Å²) in [5.74, 6) is -0.140. The molecule has 1 aliphatic carbocycles. The second kappa shape index (κ2) is 12.7. The molecule has 0 bridgehead atoms. The number of ether oxygens (including phenoxy) is 2. The van der Waals surface area contributed by atoms with E-state index in [2.05, 4.69) is 36.2 Å². The minimum absolute atomic E-state index is 0.00877. The number of aromatic nitrogens is 3. The Morgan fingerprint density at radius 3 is 2.61 bits per heavy atom. The number of anilines is 2. The normalized spacial score (nSPS) is 15.2. The van der Waals surface area contributed by atoms with Gasteiger partial charge in [-0.25, -0.2) is 13.8 Å². The van der Waals surface area contributed by atoms with Crippen LogP contribution in [-0.4, -0.2) is 58.1 Å². The lowest BCUT2D eigenvalue weighted by Crippen LogP contribution is -2.41. The molecule has 1 N–H and O–H groups in total. The van der Waals surface area contributed by atoms with Gasteiger partial charge in [-0.3, -0.25) is 23.6 Å². The maximum absolute atomic E-state index is 14.9. The van der Waals surface area contributed by atoms with Crippen LogP contribution < -0.4 is 26.9 Å². The van der Waals surface area contributed by atoms with Gasteiger partial charge in [-0.05, 0) is 48.7 Å². The van der Waals surface area contributed by atoms with Crippen LogP contribution in [0.5, 0.6) is 5.75 Å². The zero-order valence-electron chi connectivity index (χ0n) is 23.5. The van der Waals surface area contributed by atoms with Crippen LogP contribution >= 0.6 is 15.9 Å². The largest absolute Gasteiger partial charge is 0.492 e. The van der Waals surface area contributed by atoms with Crippen molar-refractivity contribution in [3.8, 4) is 11.4 Å². The van der Waals surface area contributed by atoms with Crippen molar-refractivity contribution in [1.29, 1.82) is 0 Å². The van der Waals surface area contributed by atoms with Crippen molar-refractivity contribution >= 4 is 38.3 Å². The molecule has 44 heavy (non-hydrogen) atoms. The first-order valence-electron chi connectivity index (χ1n) is 14.1. The quantitative estimate of drug-likeness (QED) is 0.151. The minimum atomic E-state index is -0.667. The standard InChI is InChI=1S/C29H28BrFN8O5/c30-18-4-7-23(22(31)14-18)34-24-16-25(40)37(17-33-35-32)27-26(24)28(41)39(19-5-6-19)29(42)38(27)20-2-1-3-21(15-20)44-13-10-36-8-11-43-12-9-36/h1-4,7,14-16,19,34H,5-6,8-13,17H2. The molecule has 1 saturated carbocycles. The van der Waals surface area contributed by atoms with Gasteiger partial charge in [0.25, 0.3) is 11.1 Å². The summed E-state index contributed by atoms with van der Waals surface area (Å²) >= 11 is 3.23. The summed E-state index contributed by atoms with van der Waals surface area (Å²) in [5.41, 5.74) is 7.35. The lowest BCUT2D eigenvalue weighted by atomic mass is 10.2. The Labute approximate surface area is 257 Å². The third kappa shape index (κ3) is 5.99. The molecule has 2 aromatic carbocycles. The molecule has 2 aromatic heterocycles. The second-order valence-electron chi connectivity index (χ2n) is 10.5. The number of halogens is 2. The highest BCUT2D eigenvalue weighted by molar-refractivity contribution is 9.10. The predicted octanol–water partition coefficient (Wildman–Crippen LogP) is 4.27. The van der Waals surface area contributed by atoms with E-state index in [-0.39, 0.29) is 28.5 Å². The van der Waals surface area contributed by atoms with Crippen molar-refractivity contribution in [3.05, 3.63) is 100 Å². The molecule has 4 aromatic rings. The Morgan fingerprint density at radius 1 is 1.09 bits per heavy atom. The van der Waals surface area contributed by atoms with Gasteiger partial charge < -0.3 is 14.8 Å². The van der Waals surface area contributed by atoms with Gasteiger partial charge in [0.2, 0.25) is 0 Å². The van der Waals surface area contributed by atoms with Crippen molar-refractivity contribution in [2.75, 3.05) is 44.8 Å². The maximum atomic E-state index is 14.9. The van der Waals surface area contributed by atoms with Crippen LogP contribution in [0.3, 0.4) is 0 Å². The predicted molar refractivity (Wildman–Crippen MR) is 166 cm³/mol. The first-order chi connectivity index (χ1) is 21.4. The van der Waals surface area contributed by atoms with Crippen LogP contribution in [0.2, 0.25) is 0 Å². The molecule has 6 rings (SSSR count). The van der Waals surface area contributed by atoms with E-state index in [4.69, 9.17) is 15.0 Å². The zero-order chi connectivity index (χ0) is 30.8. The average Bonchev–Trinajstić information content (AvgIpc) is 3.84. The fourth-order valence-electron chi connectivity index (χ4n) is 5.26. The Kier molecular flexibility index (Phi) is 8.53. The molecule has 1 aliphatic heterocycles. The van der Waals surface area contributed by atoms with Crippen LogP contribution in [0.4, 0.5) is 15.8 Å². The van der Waals surface area contributed by atoms with Crippen LogP contribution in [0.15, 0.2) is 72.5 Å². The SMILES string of the molecule is [N-]=[N+]=NCn1c(=O)cc(Nc2ccc(Br)cc2F)c2c(=O)n(C3CC3)c(=O)n(-c3cccc(OCCN4CCOCC4)c3)c21. The van der Waals surface area contributed by atoms with E-state index in [1.165, 1.54) is 21.3 Å². The molecule has 1 saturated heterocycles. The maximum Gasteiger partial charge on any atom is 0.337 e. The number of fused-ring (bicyclic) bond motifs is 1. The molecule has 0 atom stereocenters. The lowest BCUT2D eigenvalue weighted by Gasteiger charge is -2.26. The monoisotopic (exact) mass is 666 g/mol. The number of morpholine rings is 1. The summed E-state index contributed by atoms with van der Waals surface area (Å²) in [6.45, 7) is 3.58. The Balaban J connectivity index is 1.53. The van der Waals surface area contributed by atoms with Crippen LogP contribution in [0.25, 0.3) is 27.2 Å². The van der Waals surface area contributed by atoms with Crippen molar-refractivity contribution in [2.45, 2.75) is 25.6 Å². The number of nitrogens with zero attached hydrogens (tertiary/aromatic N) is 7. The van der Waals surface area contributed by atoms with E-state index >= 15 is 0 Å². The van der Waals surface area contributed by atoms with E-state index in [1.807, 2.05) is 0 Å². The first-order valence-corrected chi connectivity index (χ1v) is 14.9.